The van der Waals surface area contributed by atoms with E-state index in [-0.39, 0.29) is 10.6 Å². The third-order valence-electron chi connectivity index (χ3n) is 1.95. The molecule has 0 saturated heterocycles. The van der Waals surface area contributed by atoms with Gasteiger partial charge in [0.25, 0.3) is 0 Å². The van der Waals surface area contributed by atoms with Gasteiger partial charge in [0.15, 0.2) is 8.68 Å². The highest BCUT2D eigenvalue weighted by Crippen LogP contribution is 2.36. The van der Waals surface area contributed by atoms with Crippen molar-refractivity contribution in [2.24, 2.45) is 0 Å². The van der Waals surface area contributed by atoms with Gasteiger partial charge in [0.1, 0.15) is 0 Å². The molecular weight excluding hydrogens is 312 g/mol. The van der Waals surface area contributed by atoms with Crippen molar-refractivity contribution in [1.82, 2.24) is 10.2 Å². The van der Waals surface area contributed by atoms with E-state index in [9.17, 15) is 4.79 Å². The van der Waals surface area contributed by atoms with E-state index in [0.29, 0.717) is 9.24 Å². The van der Waals surface area contributed by atoms with Gasteiger partial charge in [-0.2, -0.15) is 0 Å². The van der Waals surface area contributed by atoms with Crippen LogP contribution in [0.1, 0.15) is 10.4 Å². The van der Waals surface area contributed by atoms with Gasteiger partial charge in [0.05, 0.1) is 10.6 Å². The van der Waals surface area contributed by atoms with Gasteiger partial charge in [-0.25, -0.2) is 4.79 Å². The molecule has 8 heteroatoms. The molecule has 0 aliphatic carbocycles. The van der Waals surface area contributed by atoms with Crippen molar-refractivity contribution in [3.63, 3.8) is 0 Å². The minimum Gasteiger partial charge on any atom is -0.478 e. The van der Waals surface area contributed by atoms with Crippen molar-refractivity contribution >= 4 is 52.4 Å². The van der Waals surface area contributed by atoms with E-state index >= 15 is 0 Å². The second kappa shape index (κ2) is 5.92. The van der Waals surface area contributed by atoms with Crippen molar-refractivity contribution in [3.8, 4) is 0 Å². The molecule has 1 heterocycles. The molecule has 1 aromatic heterocycles. The first kappa shape index (κ1) is 13.7. The lowest BCUT2D eigenvalue weighted by Crippen LogP contribution is -1.99. The van der Waals surface area contributed by atoms with E-state index in [4.69, 9.17) is 16.7 Å². The van der Waals surface area contributed by atoms with Crippen LogP contribution in [0.5, 0.6) is 0 Å². The summed E-state index contributed by atoms with van der Waals surface area (Å²) in [5, 5.41) is 17.3. The predicted octanol–water partition coefficient (Wildman–Crippen LogP) is 3.76. The fourth-order valence-electron chi connectivity index (χ4n) is 1.21. The number of nitrogens with zero attached hydrogens (tertiary/aromatic N) is 2. The second-order valence-corrected chi connectivity index (χ2v) is 6.79. The topological polar surface area (TPSA) is 63.1 Å². The number of aromatic carboxylic acids is 1. The third-order valence-corrected chi connectivity index (χ3v) is 5.27. The molecule has 0 bridgehead atoms. The molecule has 2 rings (SSSR count). The summed E-state index contributed by atoms with van der Waals surface area (Å²) in [6, 6.07) is 4.98. The van der Waals surface area contributed by atoms with Crippen LogP contribution in [-0.4, -0.2) is 27.5 Å². The van der Waals surface area contributed by atoms with Gasteiger partial charge in [-0.15, -0.1) is 10.2 Å². The molecule has 0 aliphatic heterocycles. The Hall–Kier alpha value is -0.760. The standard InChI is InChI=1S/C10H7ClN2O2S3/c1-16-9-12-13-10(18-9)17-6-4-2-3-5(11)7(6)8(14)15/h2-4H,1H3,(H,14,15). The average molecular weight is 319 g/mol. The van der Waals surface area contributed by atoms with Gasteiger partial charge in [0.2, 0.25) is 0 Å². The molecule has 0 fully saturated rings. The quantitative estimate of drug-likeness (QED) is 0.866. The minimum atomic E-state index is -1.04. The fraction of sp³-hybridized carbons (Fsp3) is 0.100. The monoisotopic (exact) mass is 318 g/mol. The Balaban J connectivity index is 2.34. The summed E-state index contributed by atoms with van der Waals surface area (Å²) in [4.78, 5) is 11.7. The van der Waals surface area contributed by atoms with Crippen molar-refractivity contribution in [2.75, 3.05) is 6.26 Å². The maximum Gasteiger partial charge on any atom is 0.338 e. The maximum absolute atomic E-state index is 11.2. The van der Waals surface area contributed by atoms with Crippen molar-refractivity contribution in [2.45, 2.75) is 13.6 Å². The summed E-state index contributed by atoms with van der Waals surface area (Å²) < 4.78 is 1.54. The highest BCUT2D eigenvalue weighted by Gasteiger charge is 2.16. The van der Waals surface area contributed by atoms with Crippen LogP contribution in [0.2, 0.25) is 5.02 Å². The van der Waals surface area contributed by atoms with E-state index in [0.717, 1.165) is 4.34 Å². The van der Waals surface area contributed by atoms with Crippen LogP contribution >= 0.6 is 46.5 Å². The smallest absolute Gasteiger partial charge is 0.338 e. The molecule has 0 spiro atoms. The van der Waals surface area contributed by atoms with Crippen LogP contribution < -0.4 is 0 Å². The highest BCUT2D eigenvalue weighted by atomic mass is 35.5. The van der Waals surface area contributed by atoms with Crippen LogP contribution in [0, 0.1) is 0 Å². The average Bonchev–Trinajstić information content (AvgIpc) is 2.76. The van der Waals surface area contributed by atoms with Gasteiger partial charge >= 0.3 is 5.97 Å². The van der Waals surface area contributed by atoms with Gasteiger partial charge in [-0.05, 0) is 18.4 Å². The molecule has 1 aromatic carbocycles. The summed E-state index contributed by atoms with van der Waals surface area (Å²) in [5.41, 5.74) is 0.102. The number of halogens is 1. The Morgan fingerprint density at radius 3 is 2.72 bits per heavy atom. The van der Waals surface area contributed by atoms with Crippen LogP contribution in [0.15, 0.2) is 31.8 Å². The van der Waals surface area contributed by atoms with Gasteiger partial charge < -0.3 is 5.11 Å². The first-order chi connectivity index (χ1) is 8.61. The minimum absolute atomic E-state index is 0.102. The summed E-state index contributed by atoms with van der Waals surface area (Å²) in [5.74, 6) is -1.04. The number of thioether (sulfide) groups is 1. The van der Waals surface area contributed by atoms with E-state index in [2.05, 4.69) is 10.2 Å². The summed E-state index contributed by atoms with van der Waals surface area (Å²) >= 11 is 10.1. The van der Waals surface area contributed by atoms with Crippen LogP contribution in [0.3, 0.4) is 0 Å². The lowest BCUT2D eigenvalue weighted by atomic mass is 10.2. The van der Waals surface area contributed by atoms with Gasteiger partial charge in [-0.3, -0.25) is 0 Å². The molecule has 0 atom stereocenters. The SMILES string of the molecule is CSc1nnc(Sc2cccc(Cl)c2C(=O)O)s1. The molecule has 0 amide bonds. The zero-order valence-corrected chi connectivity index (χ0v) is 12.3. The zero-order chi connectivity index (χ0) is 13.1. The third kappa shape index (κ3) is 2.97. The largest absolute Gasteiger partial charge is 0.478 e. The van der Waals surface area contributed by atoms with Gasteiger partial charge in [0, 0.05) is 4.90 Å². The van der Waals surface area contributed by atoms with E-state index < -0.39 is 5.97 Å². The number of hydrogen-bond donors (Lipinski definition) is 1. The second-order valence-electron chi connectivity index (χ2n) is 3.06. The molecule has 0 aliphatic rings. The lowest BCUT2D eigenvalue weighted by Gasteiger charge is -2.04. The summed E-state index contributed by atoms with van der Waals surface area (Å²) in [6.45, 7) is 0. The molecular formula is C10H7ClN2O2S3. The molecule has 0 unspecified atom stereocenters. The normalized spacial score (nSPS) is 10.6. The van der Waals surface area contributed by atoms with Crippen LogP contribution in [-0.2, 0) is 0 Å². The molecule has 94 valence electrons. The van der Waals surface area contributed by atoms with Crippen molar-refractivity contribution in [3.05, 3.63) is 28.8 Å². The number of aromatic nitrogens is 2. The van der Waals surface area contributed by atoms with Crippen LogP contribution in [0.25, 0.3) is 0 Å². The number of carbonyl (C=O) groups is 1. The molecule has 4 nitrogen and oxygen atoms in total. The van der Waals surface area contributed by atoms with E-state index in [1.165, 1.54) is 34.9 Å². The Kier molecular flexibility index (Phi) is 4.50. The Labute approximate surface area is 121 Å². The maximum atomic E-state index is 11.2. The van der Waals surface area contributed by atoms with E-state index in [1.54, 1.807) is 18.2 Å². The summed E-state index contributed by atoms with van der Waals surface area (Å²) in [6.07, 6.45) is 1.91. The Bertz CT molecular complexity index is 588. The van der Waals surface area contributed by atoms with Crippen molar-refractivity contribution < 1.29 is 9.90 Å². The first-order valence-electron chi connectivity index (χ1n) is 4.69. The molecule has 2 aromatic rings. The fourth-order valence-corrected chi connectivity index (χ4v) is 4.08. The highest BCUT2D eigenvalue weighted by molar-refractivity contribution is 8.03. The lowest BCUT2D eigenvalue weighted by molar-refractivity contribution is 0.0693. The number of rotatable bonds is 4. The summed E-state index contributed by atoms with van der Waals surface area (Å²) in [7, 11) is 0. The Morgan fingerprint density at radius 2 is 2.11 bits per heavy atom. The molecule has 18 heavy (non-hydrogen) atoms. The number of benzene rings is 1. The number of hydrogen-bond acceptors (Lipinski definition) is 6. The van der Waals surface area contributed by atoms with E-state index in [1.807, 2.05) is 6.26 Å². The molecule has 1 N–H and O–H groups in total. The predicted molar refractivity (Wildman–Crippen MR) is 74.2 cm³/mol. The number of carboxylic acid groups (broad SMARTS) is 1. The Morgan fingerprint density at radius 1 is 1.39 bits per heavy atom. The van der Waals surface area contributed by atoms with Crippen LogP contribution in [0.4, 0.5) is 0 Å². The first-order valence-corrected chi connectivity index (χ1v) is 7.92. The van der Waals surface area contributed by atoms with Crippen molar-refractivity contribution in [1.29, 1.82) is 0 Å². The number of carboxylic acids is 1. The molecule has 0 radical (unpaired) electrons. The molecule has 0 saturated carbocycles. The van der Waals surface area contributed by atoms with Gasteiger partial charge in [-0.1, -0.05) is 52.5 Å². The zero-order valence-electron chi connectivity index (χ0n) is 9.08.